The molecule has 0 saturated carbocycles. The highest BCUT2D eigenvalue weighted by Crippen LogP contribution is 2.20. The first-order valence-corrected chi connectivity index (χ1v) is 9.58. The van der Waals surface area contributed by atoms with Gasteiger partial charge in [-0.3, -0.25) is 9.59 Å². The minimum absolute atomic E-state index is 0.0165. The Kier molecular flexibility index (Phi) is 4.62. The third-order valence-corrected chi connectivity index (χ3v) is 5.82. The Labute approximate surface area is 151 Å². The first-order chi connectivity index (χ1) is 12.3. The first-order valence-electron chi connectivity index (χ1n) is 7.22. The van der Waals surface area contributed by atoms with Crippen molar-refractivity contribution < 1.29 is 28.3 Å². The maximum absolute atomic E-state index is 12.5. The van der Waals surface area contributed by atoms with Crippen LogP contribution in [-0.2, 0) is 21.1 Å². The second-order valence-corrected chi connectivity index (χ2v) is 7.95. The number of aromatic nitrogens is 1. The van der Waals surface area contributed by atoms with Crippen molar-refractivity contribution in [3.05, 3.63) is 58.3 Å². The zero-order valence-electron chi connectivity index (χ0n) is 13.1. The zero-order chi connectivity index (χ0) is 18.9. The van der Waals surface area contributed by atoms with Crippen LogP contribution in [0.25, 0.3) is 10.8 Å². The van der Waals surface area contributed by atoms with Gasteiger partial charge in [0.05, 0.1) is 17.0 Å². The Morgan fingerprint density at radius 2 is 1.81 bits per heavy atom. The molecule has 0 saturated heterocycles. The first kappa shape index (κ1) is 17.8. The molecule has 8 nitrogen and oxygen atoms in total. The number of benzene rings is 2. The summed E-state index contributed by atoms with van der Waals surface area (Å²) in [6.07, 6.45) is -0.492. The molecule has 10 heteroatoms. The third kappa shape index (κ3) is 3.37. The molecule has 1 heterocycles. The number of hydrogen-bond acceptors (Lipinski definition) is 6. The van der Waals surface area contributed by atoms with Crippen molar-refractivity contribution in [2.75, 3.05) is 0 Å². The largest absolute Gasteiger partial charge is 0.481 e. The number of carboxylic acid groups (broad SMARTS) is 1. The monoisotopic (exact) mass is 392 g/mol. The van der Waals surface area contributed by atoms with Gasteiger partial charge in [-0.1, -0.05) is 30.3 Å². The Morgan fingerprint density at radius 1 is 1.12 bits per heavy atom. The maximum atomic E-state index is 12.5. The van der Waals surface area contributed by atoms with E-state index < -0.39 is 27.5 Å². The van der Waals surface area contributed by atoms with Gasteiger partial charge in [0.25, 0.3) is 9.84 Å². The number of fused-ring (bicyclic) bond motifs is 1. The summed E-state index contributed by atoms with van der Waals surface area (Å²) in [4.78, 5) is 25.7. The summed E-state index contributed by atoms with van der Waals surface area (Å²) in [5.41, 5.74) is -0.0165. The molecule has 26 heavy (non-hydrogen) atoms. The van der Waals surface area contributed by atoms with Crippen LogP contribution in [0.1, 0.15) is 5.69 Å². The molecule has 0 aliphatic carbocycles. The molecule has 0 radical (unpaired) electrons. The van der Waals surface area contributed by atoms with E-state index in [4.69, 9.17) is 5.11 Å². The molecular formula is C16H12N2O6S2. The van der Waals surface area contributed by atoms with Crippen molar-refractivity contribution >= 4 is 43.2 Å². The van der Waals surface area contributed by atoms with Gasteiger partial charge < -0.3 is 10.3 Å². The predicted octanol–water partition coefficient (Wildman–Crippen LogP) is 2.06. The molecule has 1 amide bonds. The van der Waals surface area contributed by atoms with Gasteiger partial charge in [-0.2, -0.15) is 9.72 Å². The summed E-state index contributed by atoms with van der Waals surface area (Å²) in [7, 11) is -4.40. The molecule has 0 bridgehead atoms. The van der Waals surface area contributed by atoms with Gasteiger partial charge in [-0.25, -0.2) is 8.42 Å². The molecule has 0 fully saturated rings. The molecule has 1 aromatic heterocycles. The zero-order valence-corrected chi connectivity index (χ0v) is 14.7. The SMILES string of the molecule is O=C(O)Cc1cs/c(=N\C(=O)S(=O)(=O)c2ccc3ccccc3c2)n1O. The lowest BCUT2D eigenvalue weighted by Crippen LogP contribution is -2.20. The smallest absolute Gasteiger partial charge is 0.369 e. The molecule has 0 aliphatic rings. The lowest BCUT2D eigenvalue weighted by molar-refractivity contribution is -0.136. The van der Waals surface area contributed by atoms with Gasteiger partial charge in [-0.15, -0.1) is 11.3 Å². The molecule has 3 aromatic rings. The molecule has 0 aliphatic heterocycles. The van der Waals surface area contributed by atoms with Crippen LogP contribution in [0.2, 0.25) is 0 Å². The predicted molar refractivity (Wildman–Crippen MR) is 92.9 cm³/mol. The van der Waals surface area contributed by atoms with Gasteiger partial charge in [0.2, 0.25) is 4.80 Å². The van der Waals surface area contributed by atoms with E-state index in [2.05, 4.69) is 4.99 Å². The average molecular weight is 392 g/mol. The van der Waals surface area contributed by atoms with E-state index in [1.807, 2.05) is 12.1 Å². The molecular weight excluding hydrogens is 380 g/mol. The Bertz CT molecular complexity index is 1190. The van der Waals surface area contributed by atoms with Gasteiger partial charge in [0, 0.05) is 5.38 Å². The van der Waals surface area contributed by atoms with Gasteiger partial charge in [0.1, 0.15) is 0 Å². The number of rotatable bonds is 3. The number of amides is 1. The van der Waals surface area contributed by atoms with Crippen molar-refractivity contribution in [1.82, 2.24) is 4.73 Å². The van der Waals surface area contributed by atoms with Crippen LogP contribution in [0.4, 0.5) is 4.79 Å². The summed E-state index contributed by atoms with van der Waals surface area (Å²) in [6.45, 7) is 0. The van der Waals surface area contributed by atoms with Crippen molar-refractivity contribution in [3.63, 3.8) is 0 Å². The Balaban J connectivity index is 2.00. The van der Waals surface area contributed by atoms with Crippen LogP contribution in [0, 0.1) is 0 Å². The number of thiazole rings is 1. The van der Waals surface area contributed by atoms with E-state index in [9.17, 15) is 23.2 Å². The second-order valence-electron chi connectivity index (χ2n) is 5.28. The van der Waals surface area contributed by atoms with Gasteiger partial charge in [0.15, 0.2) is 0 Å². The molecule has 2 N–H and O–H groups in total. The number of hydrogen-bond donors (Lipinski definition) is 2. The highest BCUT2D eigenvalue weighted by molar-refractivity contribution is 8.06. The van der Waals surface area contributed by atoms with E-state index in [0.29, 0.717) is 10.1 Å². The molecule has 0 atom stereocenters. The van der Waals surface area contributed by atoms with Crippen LogP contribution in [0.5, 0.6) is 0 Å². The van der Waals surface area contributed by atoms with E-state index in [-0.39, 0.29) is 15.4 Å². The van der Waals surface area contributed by atoms with Crippen LogP contribution in [0.15, 0.2) is 57.7 Å². The topological polar surface area (TPSA) is 126 Å². The molecule has 0 spiro atoms. The molecule has 0 unspecified atom stereocenters. The normalized spacial score (nSPS) is 12.4. The fourth-order valence-electron chi connectivity index (χ4n) is 2.26. The van der Waals surface area contributed by atoms with Crippen LogP contribution in [0.3, 0.4) is 0 Å². The maximum Gasteiger partial charge on any atom is 0.369 e. The van der Waals surface area contributed by atoms with Crippen molar-refractivity contribution in [3.8, 4) is 0 Å². The highest BCUT2D eigenvalue weighted by atomic mass is 32.2. The Hall–Kier alpha value is -2.98. The molecule has 134 valence electrons. The lowest BCUT2D eigenvalue weighted by Gasteiger charge is -2.02. The second kappa shape index (κ2) is 6.73. The minimum atomic E-state index is -4.40. The number of carbonyl (C=O) groups is 2. The number of sulfone groups is 1. The van der Waals surface area contributed by atoms with Crippen LogP contribution < -0.4 is 4.80 Å². The molecule has 3 rings (SSSR count). The lowest BCUT2D eigenvalue weighted by atomic mass is 10.1. The van der Waals surface area contributed by atoms with Crippen LogP contribution >= 0.6 is 11.3 Å². The fraction of sp³-hybridized carbons (Fsp3) is 0.0625. The third-order valence-electron chi connectivity index (χ3n) is 3.53. The van der Waals surface area contributed by atoms with E-state index in [1.54, 1.807) is 18.2 Å². The van der Waals surface area contributed by atoms with E-state index in [1.165, 1.54) is 17.5 Å². The standard InChI is InChI=1S/C16H12N2O6S2/c19-14(20)8-12-9-25-15(18(12)22)17-16(21)26(23,24)13-6-5-10-3-1-2-4-11(10)7-13/h1-7,9,22H,8H2,(H,19,20)/b17-15-. The number of nitrogens with zero attached hydrogens (tertiary/aromatic N) is 2. The fourth-order valence-corrected chi connectivity index (χ4v) is 4.03. The highest BCUT2D eigenvalue weighted by Gasteiger charge is 2.25. The number of aliphatic carboxylic acids is 1. The number of carboxylic acids is 1. The van der Waals surface area contributed by atoms with Gasteiger partial charge in [-0.05, 0) is 22.9 Å². The van der Waals surface area contributed by atoms with Crippen molar-refractivity contribution in [2.45, 2.75) is 11.3 Å². The van der Waals surface area contributed by atoms with Crippen LogP contribution in [-0.4, -0.2) is 34.7 Å². The summed E-state index contributed by atoms with van der Waals surface area (Å²) in [6, 6.07) is 11.3. The Morgan fingerprint density at radius 3 is 2.50 bits per heavy atom. The van der Waals surface area contributed by atoms with Gasteiger partial charge >= 0.3 is 11.2 Å². The van der Waals surface area contributed by atoms with E-state index >= 15 is 0 Å². The quantitative estimate of drug-likeness (QED) is 0.657. The number of carbonyl (C=O) groups excluding carboxylic acids is 1. The van der Waals surface area contributed by atoms with Crippen molar-refractivity contribution in [1.29, 1.82) is 0 Å². The summed E-state index contributed by atoms with van der Waals surface area (Å²) in [5.74, 6) is -1.19. The van der Waals surface area contributed by atoms with E-state index in [0.717, 1.165) is 16.7 Å². The average Bonchev–Trinajstić information content (AvgIpc) is 2.94. The summed E-state index contributed by atoms with van der Waals surface area (Å²) < 4.78 is 25.3. The summed E-state index contributed by atoms with van der Waals surface area (Å²) >= 11 is 0.758. The molecule has 2 aromatic carbocycles. The summed E-state index contributed by atoms with van der Waals surface area (Å²) in [5, 5.41) is 19.9. The van der Waals surface area contributed by atoms with Crippen molar-refractivity contribution in [2.24, 2.45) is 4.99 Å². The minimum Gasteiger partial charge on any atom is -0.481 e.